The molecule has 0 spiro atoms. The van der Waals surface area contributed by atoms with E-state index in [1.807, 2.05) is 22.6 Å². The first kappa shape index (κ1) is 28.5. The summed E-state index contributed by atoms with van der Waals surface area (Å²) in [6.07, 6.45) is 2.20. The van der Waals surface area contributed by atoms with Crippen LogP contribution in [0.25, 0.3) is 0 Å². The number of hydrogen-bond donors (Lipinski definition) is 2. The van der Waals surface area contributed by atoms with Gasteiger partial charge in [-0.25, -0.2) is 22.5 Å². The highest BCUT2D eigenvalue weighted by Gasteiger charge is 2.49. The lowest BCUT2D eigenvalue weighted by molar-refractivity contribution is -0.126. The molecule has 1 aliphatic carbocycles. The third-order valence-corrected chi connectivity index (χ3v) is 7.30. The highest BCUT2D eigenvalue weighted by Crippen LogP contribution is 2.36. The molecule has 2 aliphatic rings. The molecule has 2 aromatic carbocycles. The second-order valence-electron chi connectivity index (χ2n) is 9.05. The van der Waals surface area contributed by atoms with Gasteiger partial charge < -0.3 is 10.2 Å². The Labute approximate surface area is 238 Å². The van der Waals surface area contributed by atoms with Crippen LogP contribution in [-0.4, -0.2) is 68.3 Å². The molecule has 0 bridgehead atoms. The molecule has 1 saturated carbocycles. The lowest BCUT2D eigenvalue weighted by Crippen LogP contribution is -2.58. The first-order valence-corrected chi connectivity index (χ1v) is 14.7. The van der Waals surface area contributed by atoms with Gasteiger partial charge in [-0.15, -0.1) is 0 Å². The van der Waals surface area contributed by atoms with Crippen LogP contribution in [0.3, 0.4) is 0 Å². The molecule has 0 unspecified atom stereocenters. The lowest BCUT2D eigenvalue weighted by atomic mass is 10.1. The van der Waals surface area contributed by atoms with Crippen molar-refractivity contribution in [1.82, 2.24) is 9.80 Å². The van der Waals surface area contributed by atoms with Gasteiger partial charge in [0.2, 0.25) is 15.9 Å². The summed E-state index contributed by atoms with van der Waals surface area (Å²) in [7, 11) is -0.816. The van der Waals surface area contributed by atoms with E-state index in [4.69, 9.17) is 0 Å². The third-order valence-electron chi connectivity index (χ3n) is 6.03. The van der Waals surface area contributed by atoms with Gasteiger partial charge >= 0.3 is 6.03 Å². The molecule has 206 valence electrons. The van der Waals surface area contributed by atoms with Gasteiger partial charge in [0.15, 0.2) is 5.84 Å². The Balaban J connectivity index is 1.94. The van der Waals surface area contributed by atoms with Crippen LogP contribution in [0, 0.1) is 9.39 Å². The van der Waals surface area contributed by atoms with Gasteiger partial charge in [0.25, 0.3) is 5.91 Å². The van der Waals surface area contributed by atoms with Crippen LogP contribution in [0.15, 0.2) is 58.9 Å². The van der Waals surface area contributed by atoms with Crippen molar-refractivity contribution in [2.75, 3.05) is 35.3 Å². The highest BCUT2D eigenvalue weighted by molar-refractivity contribution is 14.1. The number of benzene rings is 2. The Morgan fingerprint density at radius 1 is 1.18 bits per heavy atom. The standard InChI is InChI=1S/C25H26FIN6O5S/c1-14(34)31(3)23(29-20-11-8-15(27)12-19(20)26)21-22(28-2)32(25(36)33(24(21)35)17-9-10-17)18-7-5-6-16(13-18)30-39(4,37)38/h5-8,11-13,17,29-30H,9-10H2,1-4H3/b23-21+,28-22-. The fourth-order valence-electron chi connectivity index (χ4n) is 4.03. The molecule has 0 aromatic heterocycles. The zero-order valence-corrected chi connectivity index (χ0v) is 24.5. The summed E-state index contributed by atoms with van der Waals surface area (Å²) in [6, 6.07) is 9.45. The number of amidine groups is 1. The summed E-state index contributed by atoms with van der Waals surface area (Å²) < 4.78 is 41.5. The van der Waals surface area contributed by atoms with Crippen molar-refractivity contribution in [3.63, 3.8) is 0 Å². The molecule has 2 N–H and O–H groups in total. The van der Waals surface area contributed by atoms with Crippen molar-refractivity contribution in [1.29, 1.82) is 0 Å². The normalized spacial score (nSPS) is 18.4. The van der Waals surface area contributed by atoms with Crippen LogP contribution in [0.4, 0.5) is 26.2 Å². The van der Waals surface area contributed by atoms with Crippen molar-refractivity contribution in [3.05, 3.63) is 63.2 Å². The zero-order valence-electron chi connectivity index (χ0n) is 21.5. The Bertz CT molecular complexity index is 1540. The Morgan fingerprint density at radius 3 is 2.44 bits per heavy atom. The predicted molar refractivity (Wildman–Crippen MR) is 154 cm³/mol. The molecule has 0 radical (unpaired) electrons. The number of sulfonamides is 1. The molecule has 1 heterocycles. The van der Waals surface area contributed by atoms with E-state index in [1.54, 1.807) is 18.2 Å². The largest absolute Gasteiger partial charge is 0.338 e. The number of aliphatic imine (C=N–C) groups is 1. The van der Waals surface area contributed by atoms with E-state index < -0.39 is 33.7 Å². The average molecular weight is 668 g/mol. The minimum absolute atomic E-state index is 0.00930. The molecule has 1 aliphatic heterocycles. The van der Waals surface area contributed by atoms with Crippen LogP contribution >= 0.6 is 22.6 Å². The van der Waals surface area contributed by atoms with Gasteiger partial charge in [0.05, 0.1) is 23.3 Å². The van der Waals surface area contributed by atoms with Crippen LogP contribution < -0.4 is 14.9 Å². The summed E-state index contributed by atoms with van der Waals surface area (Å²) in [6.45, 7) is 1.28. The molecule has 39 heavy (non-hydrogen) atoms. The minimum Gasteiger partial charge on any atom is -0.338 e. The Hall–Kier alpha value is -3.53. The molecular formula is C25H26FIN6O5S. The van der Waals surface area contributed by atoms with Crippen molar-refractivity contribution in [2.45, 2.75) is 25.8 Å². The number of carbonyl (C=O) groups is 3. The maximum absolute atomic E-state index is 14.9. The smallest absolute Gasteiger partial charge is 0.337 e. The highest BCUT2D eigenvalue weighted by atomic mass is 127. The number of urea groups is 1. The SMILES string of the molecule is C/N=C1/C(=C(/Nc2ccc(I)cc2F)N(C)C(C)=O)C(=O)N(C2CC2)C(=O)N1c1cccc(NS(C)(=O)=O)c1. The second-order valence-corrected chi connectivity index (χ2v) is 12.0. The maximum Gasteiger partial charge on any atom is 0.337 e. The van der Waals surface area contributed by atoms with Gasteiger partial charge in [-0.1, -0.05) is 6.07 Å². The summed E-state index contributed by atoms with van der Waals surface area (Å²) in [5.41, 5.74) is 0.310. The number of hydrogen-bond acceptors (Lipinski definition) is 7. The Morgan fingerprint density at radius 2 is 1.87 bits per heavy atom. The fourth-order valence-corrected chi connectivity index (χ4v) is 5.04. The monoisotopic (exact) mass is 668 g/mol. The lowest BCUT2D eigenvalue weighted by Gasteiger charge is -2.38. The summed E-state index contributed by atoms with van der Waals surface area (Å²) in [5.74, 6) is -1.92. The van der Waals surface area contributed by atoms with E-state index in [0.29, 0.717) is 16.4 Å². The van der Waals surface area contributed by atoms with Gasteiger partial charge in [-0.05, 0) is 71.8 Å². The quantitative estimate of drug-likeness (QED) is 0.343. The predicted octanol–water partition coefficient (Wildman–Crippen LogP) is 3.56. The molecule has 4 amide bonds. The molecule has 11 nitrogen and oxygen atoms in total. The van der Waals surface area contributed by atoms with E-state index in [2.05, 4.69) is 15.0 Å². The van der Waals surface area contributed by atoms with Gasteiger partial charge in [-0.3, -0.25) is 24.2 Å². The van der Waals surface area contributed by atoms with Crippen molar-refractivity contribution in [2.24, 2.45) is 4.99 Å². The van der Waals surface area contributed by atoms with E-state index >= 15 is 0 Å². The van der Waals surface area contributed by atoms with Gasteiger partial charge in [0.1, 0.15) is 17.2 Å². The van der Waals surface area contributed by atoms with Gasteiger partial charge in [-0.2, -0.15) is 0 Å². The first-order chi connectivity index (χ1) is 18.3. The van der Waals surface area contributed by atoms with Crippen LogP contribution in [-0.2, 0) is 19.6 Å². The van der Waals surface area contributed by atoms with Crippen molar-refractivity contribution >= 4 is 73.4 Å². The number of amides is 4. The summed E-state index contributed by atoms with van der Waals surface area (Å²) in [5, 5.41) is 2.88. The fraction of sp³-hybridized carbons (Fsp3) is 0.280. The van der Waals surface area contributed by atoms with Crippen molar-refractivity contribution < 1.29 is 27.2 Å². The van der Waals surface area contributed by atoms with E-state index in [1.165, 1.54) is 50.2 Å². The Kier molecular flexibility index (Phi) is 7.97. The number of carbonyl (C=O) groups excluding carboxylic acids is 3. The number of imide groups is 1. The summed E-state index contributed by atoms with van der Waals surface area (Å²) >= 11 is 1.96. The number of rotatable bonds is 7. The zero-order chi connectivity index (χ0) is 28.6. The minimum atomic E-state index is -3.61. The van der Waals surface area contributed by atoms with Crippen LogP contribution in [0.5, 0.6) is 0 Å². The molecule has 2 aromatic rings. The van der Waals surface area contributed by atoms with E-state index in [9.17, 15) is 27.2 Å². The molecular weight excluding hydrogens is 642 g/mol. The second kappa shape index (κ2) is 10.9. The van der Waals surface area contributed by atoms with Gasteiger partial charge in [0, 0.05) is 30.6 Å². The van der Waals surface area contributed by atoms with Crippen LogP contribution in [0.2, 0.25) is 0 Å². The molecule has 14 heteroatoms. The first-order valence-electron chi connectivity index (χ1n) is 11.8. The molecule has 2 fully saturated rings. The summed E-state index contributed by atoms with van der Waals surface area (Å²) in [4.78, 5) is 47.8. The topological polar surface area (TPSA) is 131 Å². The number of halogens is 2. The van der Waals surface area contributed by atoms with E-state index in [0.717, 1.165) is 16.1 Å². The number of nitrogens with one attached hydrogen (secondary N) is 2. The maximum atomic E-state index is 14.9. The molecule has 1 saturated heterocycles. The van der Waals surface area contributed by atoms with Crippen molar-refractivity contribution in [3.8, 4) is 0 Å². The average Bonchev–Trinajstić information content (AvgIpc) is 3.67. The third kappa shape index (κ3) is 6.06. The molecule has 0 atom stereocenters. The molecule has 4 rings (SSSR count). The number of anilines is 3. The van der Waals surface area contributed by atoms with E-state index in [-0.39, 0.29) is 40.3 Å². The number of nitrogens with zero attached hydrogens (tertiary/aromatic N) is 4. The van der Waals surface area contributed by atoms with Crippen LogP contribution in [0.1, 0.15) is 19.8 Å².